The molecule has 3 aromatic rings. The average Bonchev–Trinajstić information content (AvgIpc) is 2.82. The molecule has 0 aliphatic carbocycles. The fourth-order valence-electron chi connectivity index (χ4n) is 3.16. The molecule has 0 bridgehead atoms. The molecular weight excluding hydrogens is 570 g/mol. The number of hydrogen-bond acceptors (Lipinski definition) is 7. The Labute approximate surface area is 214 Å². The second kappa shape index (κ2) is 11.6. The number of esters is 1. The number of nitrogens with zero attached hydrogens (tertiary/aromatic N) is 3. The third-order valence-electron chi connectivity index (χ3n) is 5.10. The maximum atomic E-state index is 13.3. The van der Waals surface area contributed by atoms with Gasteiger partial charge in [0.15, 0.2) is 18.1 Å². The number of hydrogen-bond donors (Lipinski definition) is 0. The van der Waals surface area contributed by atoms with Gasteiger partial charge in [-0.25, -0.2) is 9.78 Å². The molecule has 0 aliphatic heterocycles. The molecular formula is C24H25Br2N3O5. The molecule has 0 saturated heterocycles. The Hall–Kier alpha value is -2.72. The van der Waals surface area contributed by atoms with Gasteiger partial charge in [-0.1, -0.05) is 29.8 Å². The van der Waals surface area contributed by atoms with Gasteiger partial charge in [0.05, 0.1) is 35.3 Å². The van der Waals surface area contributed by atoms with Crippen LogP contribution >= 0.6 is 31.9 Å². The van der Waals surface area contributed by atoms with Gasteiger partial charge in [-0.05, 0) is 65.2 Å². The normalized spacial score (nSPS) is 12.2. The smallest absolute Gasteiger partial charge is 0.343 e. The topological polar surface area (TPSA) is 92.0 Å². The van der Waals surface area contributed by atoms with Crippen LogP contribution in [0.4, 0.5) is 0 Å². The van der Waals surface area contributed by atoms with Crippen molar-refractivity contribution in [3.8, 4) is 11.5 Å². The summed E-state index contributed by atoms with van der Waals surface area (Å²) >= 11 is 6.88. The first-order valence-electron chi connectivity index (χ1n) is 10.7. The average molecular weight is 595 g/mol. The molecule has 34 heavy (non-hydrogen) atoms. The summed E-state index contributed by atoms with van der Waals surface area (Å²) in [7, 11) is 1.29. The summed E-state index contributed by atoms with van der Waals surface area (Å²) in [5.41, 5.74) is 1.04. The van der Waals surface area contributed by atoms with Crippen LogP contribution in [0.25, 0.3) is 10.9 Å². The molecule has 0 aliphatic rings. The zero-order valence-electron chi connectivity index (χ0n) is 19.3. The van der Waals surface area contributed by atoms with E-state index in [2.05, 4.69) is 41.7 Å². The van der Waals surface area contributed by atoms with E-state index < -0.39 is 5.97 Å². The van der Waals surface area contributed by atoms with Crippen LogP contribution in [-0.2, 0) is 9.53 Å². The van der Waals surface area contributed by atoms with E-state index in [0.29, 0.717) is 44.9 Å². The lowest BCUT2D eigenvalue weighted by atomic mass is 10.1. The lowest BCUT2D eigenvalue weighted by molar-refractivity contribution is -0.142. The first-order valence-corrected chi connectivity index (χ1v) is 12.3. The van der Waals surface area contributed by atoms with Gasteiger partial charge in [0.2, 0.25) is 0 Å². The fourth-order valence-corrected chi connectivity index (χ4v) is 4.09. The first kappa shape index (κ1) is 25.9. The molecule has 1 aromatic heterocycles. The van der Waals surface area contributed by atoms with E-state index in [4.69, 9.17) is 14.5 Å². The molecule has 2 aromatic carbocycles. The second-order valence-corrected chi connectivity index (χ2v) is 9.20. The highest BCUT2D eigenvalue weighted by Crippen LogP contribution is 2.36. The van der Waals surface area contributed by atoms with Crippen LogP contribution in [0.15, 0.2) is 49.2 Å². The number of carbonyl (C=O) groups is 1. The standard InChI is InChI=1S/C24H25Br2N3O5/c1-5-14(3)23-28-19-8-7-16(25)11-17(19)24(31)29(23)27-12-15-9-18(26)22(20(10-15)33-6-2)34-13-21(30)32-4/h7-12,14H,5-6,13H2,1-4H3/t14-/m0/s1. The molecule has 0 fully saturated rings. The molecule has 180 valence electrons. The summed E-state index contributed by atoms with van der Waals surface area (Å²) in [6.07, 6.45) is 2.37. The minimum atomic E-state index is -0.507. The van der Waals surface area contributed by atoms with Crippen LogP contribution in [0, 0.1) is 0 Å². The van der Waals surface area contributed by atoms with Gasteiger partial charge in [-0.15, -0.1) is 0 Å². The molecule has 1 heterocycles. The molecule has 1 atom stereocenters. The molecule has 10 heteroatoms. The van der Waals surface area contributed by atoms with E-state index in [-0.39, 0.29) is 18.1 Å². The Morgan fingerprint density at radius 1 is 1.21 bits per heavy atom. The number of fused-ring (bicyclic) bond motifs is 1. The van der Waals surface area contributed by atoms with E-state index in [1.807, 2.05) is 32.9 Å². The summed E-state index contributed by atoms with van der Waals surface area (Å²) in [6, 6.07) is 8.91. The largest absolute Gasteiger partial charge is 0.490 e. The third kappa shape index (κ3) is 5.85. The quantitative estimate of drug-likeness (QED) is 0.248. The van der Waals surface area contributed by atoms with E-state index in [1.54, 1.807) is 24.4 Å². The van der Waals surface area contributed by atoms with Gasteiger partial charge in [0.25, 0.3) is 5.56 Å². The highest BCUT2D eigenvalue weighted by molar-refractivity contribution is 9.10. The van der Waals surface area contributed by atoms with Crippen molar-refractivity contribution in [2.75, 3.05) is 20.3 Å². The maximum Gasteiger partial charge on any atom is 0.343 e. The Balaban J connectivity index is 2.07. The van der Waals surface area contributed by atoms with Crippen molar-refractivity contribution in [3.63, 3.8) is 0 Å². The summed E-state index contributed by atoms with van der Waals surface area (Å²) < 4.78 is 18.6. The van der Waals surface area contributed by atoms with Gasteiger partial charge < -0.3 is 14.2 Å². The number of halogens is 2. The van der Waals surface area contributed by atoms with Crippen LogP contribution < -0.4 is 15.0 Å². The van der Waals surface area contributed by atoms with Crippen LogP contribution in [0.5, 0.6) is 11.5 Å². The van der Waals surface area contributed by atoms with Crippen LogP contribution in [0.2, 0.25) is 0 Å². The Kier molecular flexibility index (Phi) is 8.84. The van der Waals surface area contributed by atoms with Crippen molar-refractivity contribution in [1.29, 1.82) is 0 Å². The minimum absolute atomic E-state index is 0.0257. The van der Waals surface area contributed by atoms with Gasteiger partial charge in [-0.2, -0.15) is 9.78 Å². The molecule has 0 amide bonds. The lowest BCUT2D eigenvalue weighted by Gasteiger charge is -2.15. The van der Waals surface area contributed by atoms with Crippen LogP contribution in [0.1, 0.15) is 44.5 Å². The van der Waals surface area contributed by atoms with Crippen molar-refractivity contribution in [2.24, 2.45) is 5.10 Å². The molecule has 0 radical (unpaired) electrons. The zero-order chi connectivity index (χ0) is 24.8. The zero-order valence-corrected chi connectivity index (χ0v) is 22.5. The molecule has 8 nitrogen and oxygen atoms in total. The number of benzene rings is 2. The Bertz CT molecular complexity index is 1290. The summed E-state index contributed by atoms with van der Waals surface area (Å²) in [5, 5.41) is 4.97. The van der Waals surface area contributed by atoms with Crippen LogP contribution in [0.3, 0.4) is 0 Å². The lowest BCUT2D eigenvalue weighted by Crippen LogP contribution is -2.23. The monoisotopic (exact) mass is 593 g/mol. The number of carbonyl (C=O) groups excluding carboxylic acids is 1. The minimum Gasteiger partial charge on any atom is -0.490 e. The molecule has 0 spiro atoms. The highest BCUT2D eigenvalue weighted by atomic mass is 79.9. The highest BCUT2D eigenvalue weighted by Gasteiger charge is 2.17. The van der Waals surface area contributed by atoms with Crippen LogP contribution in [-0.4, -0.2) is 42.2 Å². The summed E-state index contributed by atoms with van der Waals surface area (Å²) in [4.78, 5) is 29.5. The molecule has 0 N–H and O–H groups in total. The number of aromatic nitrogens is 2. The van der Waals surface area contributed by atoms with Gasteiger partial charge in [0, 0.05) is 10.4 Å². The molecule has 0 unspecified atom stereocenters. The summed E-state index contributed by atoms with van der Waals surface area (Å²) in [5.74, 6) is 0.905. The van der Waals surface area contributed by atoms with Crippen molar-refractivity contribution in [3.05, 3.63) is 61.0 Å². The fraction of sp³-hybridized carbons (Fsp3) is 0.333. The Morgan fingerprint density at radius 2 is 1.97 bits per heavy atom. The van der Waals surface area contributed by atoms with Gasteiger partial charge >= 0.3 is 5.97 Å². The Morgan fingerprint density at radius 3 is 2.65 bits per heavy atom. The predicted octanol–water partition coefficient (Wildman–Crippen LogP) is 5.27. The number of ether oxygens (including phenoxy) is 3. The second-order valence-electron chi connectivity index (χ2n) is 7.43. The number of rotatable bonds is 9. The van der Waals surface area contributed by atoms with E-state index in [0.717, 1.165) is 10.9 Å². The van der Waals surface area contributed by atoms with Crippen molar-refractivity contribution in [1.82, 2.24) is 9.66 Å². The third-order valence-corrected chi connectivity index (χ3v) is 6.18. The SMILES string of the molecule is CCOc1cc(C=Nn2c([C@@H](C)CC)nc3ccc(Br)cc3c2=O)cc(Br)c1OCC(=O)OC. The predicted molar refractivity (Wildman–Crippen MR) is 138 cm³/mol. The first-order chi connectivity index (χ1) is 16.3. The van der Waals surface area contributed by atoms with Crippen molar-refractivity contribution >= 4 is 54.9 Å². The van der Waals surface area contributed by atoms with Gasteiger partial charge in [0.1, 0.15) is 5.82 Å². The summed E-state index contributed by atoms with van der Waals surface area (Å²) in [6.45, 7) is 6.03. The van der Waals surface area contributed by atoms with Crippen molar-refractivity contribution in [2.45, 2.75) is 33.1 Å². The van der Waals surface area contributed by atoms with E-state index in [1.165, 1.54) is 11.8 Å². The van der Waals surface area contributed by atoms with Crippen molar-refractivity contribution < 1.29 is 19.0 Å². The molecule has 0 saturated carbocycles. The molecule has 3 rings (SSSR count). The maximum absolute atomic E-state index is 13.3. The number of methoxy groups -OCH3 is 1. The van der Waals surface area contributed by atoms with E-state index in [9.17, 15) is 9.59 Å². The van der Waals surface area contributed by atoms with E-state index >= 15 is 0 Å². The van der Waals surface area contributed by atoms with Gasteiger partial charge in [-0.3, -0.25) is 4.79 Å².